The molecule has 0 fully saturated rings. The van der Waals surface area contributed by atoms with E-state index < -0.39 is 0 Å². The summed E-state index contributed by atoms with van der Waals surface area (Å²) in [5.74, 6) is 0.732. The predicted molar refractivity (Wildman–Crippen MR) is 114 cm³/mol. The summed E-state index contributed by atoms with van der Waals surface area (Å²) in [5, 5.41) is 10.3. The van der Waals surface area contributed by atoms with Crippen LogP contribution in [0.4, 0.5) is 0 Å². The number of fused-ring (bicyclic) bond motifs is 1. The van der Waals surface area contributed by atoms with E-state index in [-0.39, 0.29) is 11.3 Å². The fraction of sp³-hybridized carbons (Fsp3) is 0.0833. The molecule has 0 spiro atoms. The molecule has 138 valence electrons. The maximum absolute atomic E-state index is 13.3. The highest BCUT2D eigenvalue weighted by Gasteiger charge is 2.11. The molecule has 1 N–H and O–H groups in total. The van der Waals surface area contributed by atoms with E-state index >= 15 is 0 Å². The molecule has 0 saturated carbocycles. The predicted octanol–water partition coefficient (Wildman–Crippen LogP) is 4.88. The monoisotopic (exact) mass is 368 g/mol. The van der Waals surface area contributed by atoms with Gasteiger partial charge in [0.25, 0.3) is 5.56 Å². The van der Waals surface area contributed by atoms with Crippen molar-refractivity contribution in [3.63, 3.8) is 0 Å². The van der Waals surface area contributed by atoms with Gasteiger partial charge in [0.15, 0.2) is 0 Å². The number of hydrogen-bond donors (Lipinski definition) is 1. The summed E-state index contributed by atoms with van der Waals surface area (Å²) >= 11 is 0. The first-order chi connectivity index (χ1) is 13.5. The summed E-state index contributed by atoms with van der Waals surface area (Å²) in [4.78, 5) is 18.0. The van der Waals surface area contributed by atoms with Crippen LogP contribution in [-0.4, -0.2) is 14.7 Å². The minimum absolute atomic E-state index is 0.107. The third-order valence-corrected chi connectivity index (χ3v) is 4.85. The molecule has 3 aromatic carbocycles. The van der Waals surface area contributed by atoms with Gasteiger partial charge in [-0.05, 0) is 73.0 Å². The summed E-state index contributed by atoms with van der Waals surface area (Å²) in [7, 11) is 0. The first-order valence-corrected chi connectivity index (χ1v) is 9.09. The van der Waals surface area contributed by atoms with E-state index in [1.165, 1.54) is 5.56 Å². The van der Waals surface area contributed by atoms with Gasteiger partial charge in [0.2, 0.25) is 0 Å². The molecule has 0 aliphatic rings. The molecule has 0 amide bonds. The molecule has 0 saturated heterocycles. The van der Waals surface area contributed by atoms with Crippen molar-refractivity contribution in [3.05, 3.63) is 99.6 Å². The Morgan fingerprint density at radius 1 is 0.893 bits per heavy atom. The van der Waals surface area contributed by atoms with Gasteiger partial charge in [-0.15, -0.1) is 0 Å². The number of nitrogens with zero attached hydrogens (tertiary/aromatic N) is 2. The van der Waals surface area contributed by atoms with E-state index in [2.05, 4.69) is 0 Å². The minimum Gasteiger partial charge on any atom is -0.508 e. The first-order valence-electron chi connectivity index (χ1n) is 9.09. The van der Waals surface area contributed by atoms with Gasteiger partial charge in [-0.1, -0.05) is 36.4 Å². The summed E-state index contributed by atoms with van der Waals surface area (Å²) in [6.45, 7) is 4.07. The van der Waals surface area contributed by atoms with E-state index in [4.69, 9.17) is 4.98 Å². The summed E-state index contributed by atoms with van der Waals surface area (Å²) in [6.07, 6.45) is 3.64. The van der Waals surface area contributed by atoms with E-state index in [0.29, 0.717) is 16.7 Å². The van der Waals surface area contributed by atoms with Crippen molar-refractivity contribution in [1.29, 1.82) is 0 Å². The van der Waals surface area contributed by atoms with Crippen LogP contribution < -0.4 is 5.56 Å². The molecule has 0 aliphatic carbocycles. The van der Waals surface area contributed by atoms with Crippen molar-refractivity contribution < 1.29 is 5.11 Å². The second kappa shape index (κ2) is 7.16. The molecule has 0 bridgehead atoms. The highest BCUT2D eigenvalue weighted by molar-refractivity contribution is 5.80. The maximum Gasteiger partial charge on any atom is 0.266 e. The third-order valence-electron chi connectivity index (χ3n) is 4.85. The second-order valence-corrected chi connectivity index (χ2v) is 6.82. The lowest BCUT2D eigenvalue weighted by Gasteiger charge is -2.13. The number of rotatable bonds is 3. The third kappa shape index (κ3) is 3.32. The Morgan fingerprint density at radius 3 is 2.50 bits per heavy atom. The summed E-state index contributed by atoms with van der Waals surface area (Å²) < 4.78 is 1.63. The lowest BCUT2D eigenvalue weighted by Crippen LogP contribution is -2.22. The van der Waals surface area contributed by atoms with Gasteiger partial charge in [0.05, 0.1) is 16.6 Å². The number of aryl methyl sites for hydroxylation is 2. The minimum atomic E-state index is -0.107. The second-order valence-electron chi connectivity index (χ2n) is 6.82. The van der Waals surface area contributed by atoms with Crippen LogP contribution in [0.1, 0.15) is 22.5 Å². The number of phenols is 1. The molecule has 0 atom stereocenters. The van der Waals surface area contributed by atoms with Crippen LogP contribution in [0.15, 0.2) is 71.5 Å². The Bertz CT molecular complexity index is 1270. The molecule has 1 heterocycles. The number of aromatic nitrogens is 2. The zero-order valence-corrected chi connectivity index (χ0v) is 15.8. The molecule has 4 aromatic rings. The van der Waals surface area contributed by atoms with Crippen molar-refractivity contribution in [2.24, 2.45) is 0 Å². The number of phenolic OH excluding ortho intramolecular Hbond substituents is 1. The Morgan fingerprint density at radius 2 is 1.71 bits per heavy atom. The highest BCUT2D eigenvalue weighted by Crippen LogP contribution is 2.19. The van der Waals surface area contributed by atoms with Crippen LogP contribution in [0.2, 0.25) is 0 Å². The maximum atomic E-state index is 13.3. The number of para-hydroxylation sites is 1. The molecule has 1 aromatic heterocycles. The van der Waals surface area contributed by atoms with Crippen molar-refractivity contribution in [2.45, 2.75) is 13.8 Å². The Balaban J connectivity index is 1.95. The van der Waals surface area contributed by atoms with Crippen molar-refractivity contribution in [3.8, 4) is 11.4 Å². The smallest absolute Gasteiger partial charge is 0.266 e. The lowest BCUT2D eigenvalue weighted by molar-refractivity contribution is 0.475. The quantitative estimate of drug-likeness (QED) is 0.561. The van der Waals surface area contributed by atoms with E-state index in [1.807, 2.05) is 62.4 Å². The molecular weight excluding hydrogens is 348 g/mol. The fourth-order valence-corrected chi connectivity index (χ4v) is 3.18. The number of aromatic hydroxyl groups is 1. The Hall–Kier alpha value is -3.66. The van der Waals surface area contributed by atoms with E-state index in [9.17, 15) is 9.90 Å². The summed E-state index contributed by atoms with van der Waals surface area (Å²) in [6, 6.07) is 20.2. The molecule has 4 heteroatoms. The van der Waals surface area contributed by atoms with Crippen LogP contribution >= 0.6 is 0 Å². The highest BCUT2D eigenvalue weighted by atomic mass is 16.3. The molecule has 0 aliphatic heterocycles. The summed E-state index contributed by atoms with van der Waals surface area (Å²) in [5.41, 5.74) is 4.44. The molecule has 28 heavy (non-hydrogen) atoms. The van der Waals surface area contributed by atoms with Gasteiger partial charge in [0.1, 0.15) is 11.6 Å². The standard InChI is InChI=1S/C24H20N2O2/c1-16-10-12-19(14-17(16)2)26-23(13-11-18-6-5-7-20(27)15-18)25-22-9-4-3-8-21(22)24(26)28/h3-15,27H,1-2H3/b13-11+. The largest absolute Gasteiger partial charge is 0.508 e. The lowest BCUT2D eigenvalue weighted by atomic mass is 10.1. The zero-order chi connectivity index (χ0) is 19.7. The van der Waals surface area contributed by atoms with Crippen molar-refractivity contribution in [2.75, 3.05) is 0 Å². The molecule has 0 radical (unpaired) electrons. The molecule has 4 nitrogen and oxygen atoms in total. The van der Waals surface area contributed by atoms with Gasteiger partial charge in [-0.25, -0.2) is 4.98 Å². The average Bonchev–Trinajstić information content (AvgIpc) is 2.69. The van der Waals surface area contributed by atoms with Crippen LogP contribution in [0, 0.1) is 13.8 Å². The Labute approximate surface area is 163 Å². The van der Waals surface area contributed by atoms with Crippen LogP contribution in [0.5, 0.6) is 5.75 Å². The van der Waals surface area contributed by atoms with Crippen LogP contribution in [-0.2, 0) is 0 Å². The Kier molecular flexibility index (Phi) is 4.53. The van der Waals surface area contributed by atoms with Gasteiger partial charge in [-0.3, -0.25) is 9.36 Å². The van der Waals surface area contributed by atoms with Gasteiger partial charge in [-0.2, -0.15) is 0 Å². The SMILES string of the molecule is Cc1ccc(-n2c(/C=C/c3cccc(O)c3)nc3ccccc3c2=O)cc1C. The van der Waals surface area contributed by atoms with Crippen molar-refractivity contribution >= 4 is 23.1 Å². The van der Waals surface area contributed by atoms with E-state index in [0.717, 1.165) is 16.8 Å². The molecular formula is C24H20N2O2. The van der Waals surface area contributed by atoms with Gasteiger partial charge >= 0.3 is 0 Å². The number of hydrogen-bond acceptors (Lipinski definition) is 3. The molecule has 4 rings (SSSR count). The molecule has 0 unspecified atom stereocenters. The van der Waals surface area contributed by atoms with Crippen molar-refractivity contribution in [1.82, 2.24) is 9.55 Å². The van der Waals surface area contributed by atoms with Gasteiger partial charge in [0, 0.05) is 0 Å². The van der Waals surface area contributed by atoms with Crippen LogP contribution in [0.3, 0.4) is 0 Å². The zero-order valence-electron chi connectivity index (χ0n) is 15.8. The van der Waals surface area contributed by atoms with E-state index in [1.54, 1.807) is 34.9 Å². The normalized spacial score (nSPS) is 11.4. The van der Waals surface area contributed by atoms with Crippen LogP contribution in [0.25, 0.3) is 28.7 Å². The topological polar surface area (TPSA) is 55.1 Å². The number of benzene rings is 3. The first kappa shape index (κ1) is 17.7. The fourth-order valence-electron chi connectivity index (χ4n) is 3.18. The van der Waals surface area contributed by atoms with Gasteiger partial charge < -0.3 is 5.11 Å². The average molecular weight is 368 g/mol.